The Morgan fingerprint density at radius 2 is 1.68 bits per heavy atom. The summed E-state index contributed by atoms with van der Waals surface area (Å²) < 4.78 is 75.9. The molecule has 0 aromatic heterocycles. The van der Waals surface area contributed by atoms with Crippen LogP contribution in [0.15, 0.2) is 0 Å². The first-order chi connectivity index (χ1) is 10.3. The zero-order valence-electron chi connectivity index (χ0n) is 13.4. The monoisotopic (exact) mass is 425 g/mol. The molecule has 0 spiro atoms. The Morgan fingerprint density at radius 3 is 2.08 bits per heavy atom. The molecule has 0 saturated carbocycles. The topological polar surface area (TPSA) is 212 Å². The van der Waals surface area contributed by atoms with E-state index < -0.39 is 64.0 Å². The molecule has 5 atom stereocenters. The second-order valence-electron chi connectivity index (χ2n) is 4.44. The molecule has 1 amide bonds. The summed E-state index contributed by atoms with van der Waals surface area (Å²) in [5.74, 6) is -0.739. The average molecular weight is 425 g/mol. The fourth-order valence-corrected chi connectivity index (χ4v) is 2.68. The van der Waals surface area contributed by atoms with E-state index in [9.17, 15) is 40.9 Å². The van der Waals surface area contributed by atoms with E-state index in [2.05, 4.69) is 8.37 Å². The summed E-state index contributed by atoms with van der Waals surface area (Å²) in [6.07, 6.45) is -7.77. The summed E-state index contributed by atoms with van der Waals surface area (Å²) in [7, 11) is -10.6. The van der Waals surface area contributed by atoms with Crippen molar-refractivity contribution in [3.8, 4) is 0 Å². The first kappa shape index (κ1) is 28.3. The number of hydrogen-bond acceptors (Lipinski definition) is 12. The Labute approximate surface area is 187 Å². The summed E-state index contributed by atoms with van der Waals surface area (Å²) >= 11 is 0. The van der Waals surface area contributed by atoms with Gasteiger partial charge in [-0.25, -0.2) is 16.8 Å². The van der Waals surface area contributed by atoms with Crippen molar-refractivity contribution in [1.29, 1.82) is 0 Å². The molecule has 0 bridgehead atoms. The third kappa shape index (κ3) is 10.3. The van der Waals surface area contributed by atoms with Crippen molar-refractivity contribution >= 4 is 26.7 Å². The zero-order valence-corrected chi connectivity index (χ0v) is 19.0. The fraction of sp³-hybridized carbons (Fsp3) is 0.875. The molecular formula is C8H13NNa2O12S2. The zero-order chi connectivity index (χ0) is 18.0. The molecule has 0 aromatic carbocycles. The van der Waals surface area contributed by atoms with Crippen molar-refractivity contribution in [3.05, 3.63) is 0 Å². The van der Waals surface area contributed by atoms with Crippen LogP contribution in [-0.4, -0.2) is 79.3 Å². The molecule has 1 rings (SSSR count). The molecule has 25 heavy (non-hydrogen) atoms. The van der Waals surface area contributed by atoms with Gasteiger partial charge in [0.05, 0.1) is 6.61 Å². The van der Waals surface area contributed by atoms with Gasteiger partial charge < -0.3 is 29.4 Å². The van der Waals surface area contributed by atoms with Crippen molar-refractivity contribution in [2.24, 2.45) is 0 Å². The van der Waals surface area contributed by atoms with E-state index in [-0.39, 0.29) is 59.1 Å². The number of aliphatic hydroxyl groups is 2. The number of nitrogens with one attached hydrogen (secondary N) is 1. The number of carbonyl (C=O) groups is 1. The fourth-order valence-electron chi connectivity index (χ4n) is 1.86. The van der Waals surface area contributed by atoms with Crippen molar-refractivity contribution in [2.45, 2.75) is 37.6 Å². The molecule has 1 heterocycles. The van der Waals surface area contributed by atoms with Crippen molar-refractivity contribution in [3.63, 3.8) is 0 Å². The maximum Gasteiger partial charge on any atom is 1.00 e. The molecule has 4 unspecified atom stereocenters. The number of rotatable bonds is 6. The van der Waals surface area contributed by atoms with E-state index in [1.54, 1.807) is 0 Å². The molecule has 0 radical (unpaired) electrons. The molecule has 17 heteroatoms. The van der Waals surface area contributed by atoms with E-state index in [0.29, 0.717) is 0 Å². The molecule has 136 valence electrons. The first-order valence-electron chi connectivity index (χ1n) is 5.83. The predicted octanol–water partition coefficient (Wildman–Crippen LogP) is -10.1. The second kappa shape index (κ2) is 11.2. The standard InChI is InChI=1S/C8H15NO12S2.2Na/c1-3(10)9-5-6(11)7(21-23(16,17)18)4(20-8(5)12)2-19-22(13,14)15;;/h4-8,11-12H,2H2,1H3,(H,9,10)(H,13,14,15)(H,16,17,18);;/q;2*+1/p-2/t4?,5?,6?,7?,8-;;/m0../s1. The number of carbonyl (C=O) groups excluding carboxylic acids is 1. The van der Waals surface area contributed by atoms with Crippen LogP contribution in [0.2, 0.25) is 0 Å². The summed E-state index contributed by atoms with van der Waals surface area (Å²) in [6.45, 7) is -0.133. The van der Waals surface area contributed by atoms with Gasteiger partial charge in [0.1, 0.15) is 24.4 Å². The Morgan fingerprint density at radius 1 is 1.16 bits per heavy atom. The Balaban J connectivity index is 0. The predicted molar refractivity (Wildman–Crippen MR) is 64.7 cm³/mol. The minimum absolute atomic E-state index is 0. The van der Waals surface area contributed by atoms with Crippen LogP contribution in [0.3, 0.4) is 0 Å². The number of amides is 1. The molecule has 1 fully saturated rings. The Kier molecular flexibility index (Phi) is 12.7. The van der Waals surface area contributed by atoms with Gasteiger partial charge in [0.15, 0.2) is 6.29 Å². The van der Waals surface area contributed by atoms with Gasteiger partial charge in [-0.1, -0.05) is 0 Å². The molecule has 1 aliphatic rings. The van der Waals surface area contributed by atoms with Crippen LogP contribution in [0.1, 0.15) is 6.92 Å². The summed E-state index contributed by atoms with van der Waals surface area (Å²) in [5.41, 5.74) is 0. The van der Waals surface area contributed by atoms with Crippen LogP contribution in [0.25, 0.3) is 0 Å². The van der Waals surface area contributed by atoms with Crippen LogP contribution < -0.4 is 64.4 Å². The van der Waals surface area contributed by atoms with E-state index in [4.69, 9.17) is 4.74 Å². The average Bonchev–Trinajstić information content (AvgIpc) is 2.33. The van der Waals surface area contributed by atoms with Crippen LogP contribution in [0, 0.1) is 0 Å². The number of aliphatic hydroxyl groups excluding tert-OH is 2. The van der Waals surface area contributed by atoms with E-state index >= 15 is 0 Å². The first-order valence-corrected chi connectivity index (χ1v) is 8.50. The maximum atomic E-state index is 11.0. The second-order valence-corrected chi connectivity index (χ2v) is 6.50. The number of ether oxygens (including phenoxy) is 1. The molecule has 0 aromatic rings. The van der Waals surface area contributed by atoms with E-state index in [1.165, 1.54) is 0 Å². The van der Waals surface area contributed by atoms with Crippen molar-refractivity contribution in [2.75, 3.05) is 6.61 Å². The normalized spacial score (nSPS) is 29.9. The molecule has 0 aliphatic carbocycles. The largest absolute Gasteiger partial charge is 1.00 e. The van der Waals surface area contributed by atoms with Gasteiger partial charge >= 0.3 is 59.1 Å². The summed E-state index contributed by atoms with van der Waals surface area (Å²) in [4.78, 5) is 11.0. The molecule has 3 N–H and O–H groups in total. The van der Waals surface area contributed by atoms with Gasteiger partial charge in [0.25, 0.3) is 0 Å². The molecular weight excluding hydrogens is 412 g/mol. The smallest absolute Gasteiger partial charge is 0.726 e. The van der Waals surface area contributed by atoms with Gasteiger partial charge in [0.2, 0.25) is 26.7 Å². The minimum atomic E-state index is -5.38. The summed E-state index contributed by atoms with van der Waals surface area (Å²) in [6, 6.07) is -1.58. The van der Waals surface area contributed by atoms with Gasteiger partial charge in [-0.05, 0) is 0 Å². The SMILES string of the molecule is CC(=O)NC1C(O)C(OS(=O)(=O)[O-])C(COS(=O)(=O)[O-])O[C@@H]1O.[Na+].[Na+]. The minimum Gasteiger partial charge on any atom is -0.726 e. The number of hydrogen-bond donors (Lipinski definition) is 3. The quantitative estimate of drug-likeness (QED) is 0.206. The van der Waals surface area contributed by atoms with E-state index in [0.717, 1.165) is 6.92 Å². The third-order valence-corrected chi connectivity index (χ3v) is 3.55. The van der Waals surface area contributed by atoms with Gasteiger partial charge in [-0.3, -0.25) is 13.2 Å². The molecule has 1 aliphatic heterocycles. The van der Waals surface area contributed by atoms with Gasteiger partial charge in [-0.15, -0.1) is 0 Å². The summed E-state index contributed by atoms with van der Waals surface area (Å²) in [5, 5.41) is 21.6. The van der Waals surface area contributed by atoms with Crippen molar-refractivity contribution in [1.82, 2.24) is 5.32 Å². The third-order valence-electron chi connectivity index (χ3n) is 2.67. The van der Waals surface area contributed by atoms with E-state index in [1.807, 2.05) is 5.32 Å². The molecule has 13 nitrogen and oxygen atoms in total. The van der Waals surface area contributed by atoms with Crippen molar-refractivity contribution < 1.29 is 113 Å². The van der Waals surface area contributed by atoms with Crippen LogP contribution in [0.5, 0.6) is 0 Å². The van der Waals surface area contributed by atoms with Crippen LogP contribution >= 0.6 is 0 Å². The van der Waals surface area contributed by atoms with Crippen LogP contribution in [0.4, 0.5) is 0 Å². The maximum absolute atomic E-state index is 11.0. The Bertz CT molecular complexity index is 640. The molecule has 1 saturated heterocycles. The Hall–Kier alpha value is 1.09. The van der Waals surface area contributed by atoms with Gasteiger partial charge in [0, 0.05) is 6.92 Å². The van der Waals surface area contributed by atoms with Crippen LogP contribution in [-0.2, 0) is 38.7 Å². The van der Waals surface area contributed by atoms with Gasteiger partial charge in [-0.2, -0.15) is 0 Å².